The van der Waals surface area contributed by atoms with Crippen LogP contribution in [0.2, 0.25) is 0 Å². The highest BCUT2D eigenvalue weighted by Crippen LogP contribution is 2.12. The highest BCUT2D eigenvalue weighted by Gasteiger charge is 2.03. The number of hydrogen-bond donors (Lipinski definition) is 1. The SMILES string of the molecule is CCN(CCCOc1ccc(CN)cc1)CCCN(C)C. The summed E-state index contributed by atoms with van der Waals surface area (Å²) in [4.78, 5) is 4.73. The molecule has 2 N–H and O–H groups in total. The average molecular weight is 293 g/mol. The molecule has 0 heterocycles. The van der Waals surface area contributed by atoms with Crippen molar-refractivity contribution in [2.45, 2.75) is 26.3 Å². The van der Waals surface area contributed by atoms with Crippen molar-refractivity contribution in [1.29, 1.82) is 0 Å². The lowest BCUT2D eigenvalue weighted by Gasteiger charge is -2.21. The van der Waals surface area contributed by atoms with Crippen LogP contribution in [-0.4, -0.2) is 56.7 Å². The van der Waals surface area contributed by atoms with Gasteiger partial charge >= 0.3 is 0 Å². The molecular formula is C17H31N3O. The Hall–Kier alpha value is -1.10. The summed E-state index contributed by atoms with van der Waals surface area (Å²) < 4.78 is 5.77. The van der Waals surface area contributed by atoms with Crippen molar-refractivity contribution in [2.24, 2.45) is 5.73 Å². The van der Waals surface area contributed by atoms with Gasteiger partial charge in [-0.2, -0.15) is 0 Å². The van der Waals surface area contributed by atoms with E-state index in [0.29, 0.717) is 6.54 Å². The quantitative estimate of drug-likeness (QED) is 0.635. The second-order valence-electron chi connectivity index (χ2n) is 5.64. The standard InChI is InChI=1S/C17H31N3O/c1-4-20(12-5-11-19(2)3)13-6-14-21-17-9-7-16(15-18)8-10-17/h7-10H,4-6,11-15,18H2,1-3H3. The Labute approximate surface area is 129 Å². The van der Waals surface area contributed by atoms with Gasteiger partial charge < -0.3 is 20.3 Å². The Balaban J connectivity index is 2.15. The van der Waals surface area contributed by atoms with Gasteiger partial charge in [0.2, 0.25) is 0 Å². The van der Waals surface area contributed by atoms with Crippen LogP contribution in [0.3, 0.4) is 0 Å². The molecule has 0 saturated heterocycles. The molecule has 120 valence electrons. The highest BCUT2D eigenvalue weighted by molar-refractivity contribution is 5.26. The van der Waals surface area contributed by atoms with Crippen LogP contribution in [0.15, 0.2) is 24.3 Å². The van der Waals surface area contributed by atoms with Crippen LogP contribution >= 0.6 is 0 Å². The van der Waals surface area contributed by atoms with E-state index < -0.39 is 0 Å². The topological polar surface area (TPSA) is 41.7 Å². The third-order valence-corrected chi connectivity index (χ3v) is 3.57. The molecule has 1 aromatic rings. The molecule has 0 atom stereocenters. The van der Waals surface area contributed by atoms with Gasteiger partial charge in [-0.05, 0) is 64.3 Å². The monoisotopic (exact) mass is 293 g/mol. The molecule has 1 rings (SSSR count). The van der Waals surface area contributed by atoms with Crippen LogP contribution in [0.4, 0.5) is 0 Å². The van der Waals surface area contributed by atoms with Crippen molar-refractivity contribution in [3.63, 3.8) is 0 Å². The van der Waals surface area contributed by atoms with Crippen molar-refractivity contribution in [2.75, 3.05) is 46.9 Å². The third kappa shape index (κ3) is 8.05. The molecule has 0 amide bonds. The second kappa shape index (κ2) is 10.6. The van der Waals surface area contributed by atoms with Gasteiger partial charge in [-0.15, -0.1) is 0 Å². The first-order valence-electron chi connectivity index (χ1n) is 7.94. The van der Waals surface area contributed by atoms with Crippen molar-refractivity contribution < 1.29 is 4.74 Å². The summed E-state index contributed by atoms with van der Waals surface area (Å²) in [5, 5.41) is 0. The molecule has 21 heavy (non-hydrogen) atoms. The predicted molar refractivity (Wildman–Crippen MR) is 89.7 cm³/mol. The van der Waals surface area contributed by atoms with Gasteiger partial charge in [0.1, 0.15) is 5.75 Å². The van der Waals surface area contributed by atoms with Gasteiger partial charge in [0.25, 0.3) is 0 Å². The van der Waals surface area contributed by atoms with Gasteiger partial charge in [-0.25, -0.2) is 0 Å². The largest absolute Gasteiger partial charge is 0.494 e. The summed E-state index contributed by atoms with van der Waals surface area (Å²) in [6, 6.07) is 8.04. The van der Waals surface area contributed by atoms with Crippen molar-refractivity contribution in [3.8, 4) is 5.75 Å². The predicted octanol–water partition coefficient (Wildman–Crippen LogP) is 2.19. The first-order chi connectivity index (χ1) is 10.2. The van der Waals surface area contributed by atoms with E-state index in [1.807, 2.05) is 24.3 Å². The van der Waals surface area contributed by atoms with Gasteiger partial charge in [0.05, 0.1) is 6.61 Å². The number of rotatable bonds is 11. The number of ether oxygens (including phenoxy) is 1. The summed E-state index contributed by atoms with van der Waals surface area (Å²) in [7, 11) is 4.25. The van der Waals surface area contributed by atoms with E-state index in [2.05, 4.69) is 30.8 Å². The zero-order valence-corrected chi connectivity index (χ0v) is 13.8. The molecule has 0 radical (unpaired) electrons. The second-order valence-corrected chi connectivity index (χ2v) is 5.64. The summed E-state index contributed by atoms with van der Waals surface area (Å²) in [6.07, 6.45) is 2.29. The number of hydrogen-bond acceptors (Lipinski definition) is 4. The van der Waals surface area contributed by atoms with Crippen molar-refractivity contribution >= 4 is 0 Å². The van der Waals surface area contributed by atoms with Crippen molar-refractivity contribution in [3.05, 3.63) is 29.8 Å². The Morgan fingerprint density at radius 2 is 1.67 bits per heavy atom. The summed E-state index contributed by atoms with van der Waals surface area (Å²) in [5.74, 6) is 0.933. The fraction of sp³-hybridized carbons (Fsp3) is 0.647. The zero-order chi connectivity index (χ0) is 15.5. The van der Waals surface area contributed by atoms with Crippen LogP contribution in [0.5, 0.6) is 5.75 Å². The van der Waals surface area contributed by atoms with E-state index in [-0.39, 0.29) is 0 Å². The molecule has 0 aliphatic rings. The minimum atomic E-state index is 0.582. The Morgan fingerprint density at radius 3 is 2.24 bits per heavy atom. The molecule has 0 bridgehead atoms. The molecule has 0 aliphatic heterocycles. The molecule has 4 heteroatoms. The van der Waals surface area contributed by atoms with Crippen LogP contribution < -0.4 is 10.5 Å². The van der Waals surface area contributed by atoms with Crippen LogP contribution in [0.1, 0.15) is 25.3 Å². The summed E-state index contributed by atoms with van der Waals surface area (Å²) in [6.45, 7) is 8.11. The van der Waals surface area contributed by atoms with Crippen LogP contribution in [0.25, 0.3) is 0 Å². The lowest BCUT2D eigenvalue weighted by atomic mass is 10.2. The average Bonchev–Trinajstić information content (AvgIpc) is 2.50. The van der Waals surface area contributed by atoms with Crippen LogP contribution in [0, 0.1) is 0 Å². The fourth-order valence-electron chi connectivity index (χ4n) is 2.24. The minimum Gasteiger partial charge on any atom is -0.494 e. The van der Waals surface area contributed by atoms with E-state index in [0.717, 1.165) is 44.0 Å². The molecular weight excluding hydrogens is 262 g/mol. The number of nitrogens with zero attached hydrogens (tertiary/aromatic N) is 2. The van der Waals surface area contributed by atoms with Crippen LogP contribution in [-0.2, 0) is 6.54 Å². The summed E-state index contributed by atoms with van der Waals surface area (Å²) in [5.41, 5.74) is 6.72. The molecule has 1 aromatic carbocycles. The fourth-order valence-corrected chi connectivity index (χ4v) is 2.24. The third-order valence-electron chi connectivity index (χ3n) is 3.57. The Bertz CT molecular complexity index is 365. The molecule has 0 spiro atoms. The maximum absolute atomic E-state index is 5.77. The number of nitrogens with two attached hydrogens (primary N) is 1. The maximum atomic E-state index is 5.77. The van der Waals surface area contributed by atoms with E-state index in [1.54, 1.807) is 0 Å². The minimum absolute atomic E-state index is 0.582. The first kappa shape index (κ1) is 18.0. The van der Waals surface area contributed by atoms with E-state index in [4.69, 9.17) is 10.5 Å². The molecule has 0 fully saturated rings. The van der Waals surface area contributed by atoms with E-state index in [1.165, 1.54) is 13.0 Å². The first-order valence-corrected chi connectivity index (χ1v) is 7.94. The number of benzene rings is 1. The van der Waals surface area contributed by atoms with Gasteiger partial charge in [0, 0.05) is 13.1 Å². The molecule has 4 nitrogen and oxygen atoms in total. The van der Waals surface area contributed by atoms with Gasteiger partial charge in [0.15, 0.2) is 0 Å². The molecule has 0 aliphatic carbocycles. The molecule has 0 unspecified atom stereocenters. The van der Waals surface area contributed by atoms with E-state index >= 15 is 0 Å². The maximum Gasteiger partial charge on any atom is 0.119 e. The van der Waals surface area contributed by atoms with E-state index in [9.17, 15) is 0 Å². The molecule has 0 aromatic heterocycles. The molecule has 0 saturated carbocycles. The lowest BCUT2D eigenvalue weighted by Crippen LogP contribution is -2.29. The van der Waals surface area contributed by atoms with Gasteiger partial charge in [-0.1, -0.05) is 19.1 Å². The highest BCUT2D eigenvalue weighted by atomic mass is 16.5. The lowest BCUT2D eigenvalue weighted by molar-refractivity contribution is 0.232. The van der Waals surface area contributed by atoms with Gasteiger partial charge in [-0.3, -0.25) is 0 Å². The smallest absolute Gasteiger partial charge is 0.119 e. The Morgan fingerprint density at radius 1 is 1.00 bits per heavy atom. The summed E-state index contributed by atoms with van der Waals surface area (Å²) >= 11 is 0. The normalized spacial score (nSPS) is 11.3. The van der Waals surface area contributed by atoms with Crippen molar-refractivity contribution in [1.82, 2.24) is 9.80 Å². The zero-order valence-electron chi connectivity index (χ0n) is 13.8. The Kier molecular flexibility index (Phi) is 9.06.